The second-order valence-corrected chi connectivity index (χ2v) is 5.47. The maximum Gasteiger partial charge on any atom is 0.0621 e. The third-order valence-corrected chi connectivity index (χ3v) is 3.77. The molecule has 0 aromatic heterocycles. The van der Waals surface area contributed by atoms with Crippen molar-refractivity contribution < 1.29 is 4.74 Å². The molecule has 0 spiro atoms. The van der Waals surface area contributed by atoms with Crippen molar-refractivity contribution in [1.82, 2.24) is 5.32 Å². The van der Waals surface area contributed by atoms with Crippen LogP contribution in [0.15, 0.2) is 18.2 Å². The van der Waals surface area contributed by atoms with Crippen molar-refractivity contribution in [2.24, 2.45) is 0 Å². The minimum Gasteiger partial charge on any atom is -0.382 e. The smallest absolute Gasteiger partial charge is 0.0621 e. The van der Waals surface area contributed by atoms with Gasteiger partial charge in [-0.25, -0.2) is 0 Å². The molecular weight excluding hydrogens is 236 g/mol. The molecule has 0 amide bonds. The number of anilines is 1. The van der Waals surface area contributed by atoms with Crippen molar-refractivity contribution in [2.75, 3.05) is 25.1 Å². The first-order chi connectivity index (χ1) is 9.20. The molecule has 0 radical (unpaired) electrons. The average Bonchev–Trinajstić information content (AvgIpc) is 2.42. The maximum atomic E-state index is 5.51. The molecular formula is C16H26N2O. The Labute approximate surface area is 116 Å². The van der Waals surface area contributed by atoms with Gasteiger partial charge in [-0.15, -0.1) is 0 Å². The van der Waals surface area contributed by atoms with Crippen LogP contribution in [0.25, 0.3) is 0 Å². The van der Waals surface area contributed by atoms with Crippen LogP contribution in [-0.2, 0) is 11.2 Å². The Morgan fingerprint density at radius 3 is 3.00 bits per heavy atom. The first-order valence-corrected chi connectivity index (χ1v) is 7.37. The largest absolute Gasteiger partial charge is 0.382 e. The molecule has 19 heavy (non-hydrogen) atoms. The summed E-state index contributed by atoms with van der Waals surface area (Å²) in [5, 5.41) is 7.20. The number of hydrogen-bond acceptors (Lipinski definition) is 3. The first-order valence-electron chi connectivity index (χ1n) is 7.37. The lowest BCUT2D eigenvalue weighted by Gasteiger charge is -2.28. The molecule has 1 aliphatic rings. The van der Waals surface area contributed by atoms with Gasteiger partial charge in [-0.2, -0.15) is 0 Å². The second-order valence-electron chi connectivity index (χ2n) is 5.47. The number of ether oxygens (including phenoxy) is 1. The minimum atomic E-state index is 0.450. The van der Waals surface area contributed by atoms with Gasteiger partial charge < -0.3 is 15.4 Å². The lowest BCUT2D eigenvalue weighted by atomic mass is 10.0. The minimum absolute atomic E-state index is 0.450. The number of aryl methyl sites for hydroxylation is 2. The van der Waals surface area contributed by atoms with Crippen molar-refractivity contribution in [3.05, 3.63) is 29.3 Å². The standard InChI is InChI=1S/C16H26N2O/c1-4-14-7-5-6-12(2)16(14)18-13(3)10-15-11-19-9-8-17-15/h5-7,13,15,17-18H,4,8-11H2,1-3H3. The summed E-state index contributed by atoms with van der Waals surface area (Å²) in [5.41, 5.74) is 4.05. The average molecular weight is 262 g/mol. The second kappa shape index (κ2) is 6.92. The Kier molecular flexibility index (Phi) is 5.23. The summed E-state index contributed by atoms with van der Waals surface area (Å²) in [5.74, 6) is 0. The zero-order chi connectivity index (χ0) is 13.7. The summed E-state index contributed by atoms with van der Waals surface area (Å²) >= 11 is 0. The lowest BCUT2D eigenvalue weighted by Crippen LogP contribution is -2.43. The summed E-state index contributed by atoms with van der Waals surface area (Å²) < 4.78 is 5.51. The molecule has 1 heterocycles. The van der Waals surface area contributed by atoms with E-state index in [1.165, 1.54) is 16.8 Å². The number of nitrogens with one attached hydrogen (secondary N) is 2. The van der Waals surface area contributed by atoms with E-state index in [1.807, 2.05) is 0 Å². The van der Waals surface area contributed by atoms with Gasteiger partial charge in [0.15, 0.2) is 0 Å². The van der Waals surface area contributed by atoms with Gasteiger partial charge >= 0.3 is 0 Å². The normalized spacial score (nSPS) is 21.1. The van der Waals surface area contributed by atoms with Crippen LogP contribution in [0.2, 0.25) is 0 Å². The maximum absolute atomic E-state index is 5.51. The highest BCUT2D eigenvalue weighted by Crippen LogP contribution is 2.22. The van der Waals surface area contributed by atoms with Crippen LogP contribution in [0.4, 0.5) is 5.69 Å². The van der Waals surface area contributed by atoms with Gasteiger partial charge in [-0.05, 0) is 37.8 Å². The number of benzene rings is 1. The zero-order valence-electron chi connectivity index (χ0n) is 12.3. The van der Waals surface area contributed by atoms with Gasteiger partial charge in [-0.1, -0.05) is 25.1 Å². The molecule has 0 saturated carbocycles. The fraction of sp³-hybridized carbons (Fsp3) is 0.625. The van der Waals surface area contributed by atoms with Crippen molar-refractivity contribution in [2.45, 2.75) is 45.7 Å². The van der Waals surface area contributed by atoms with E-state index >= 15 is 0 Å². The Morgan fingerprint density at radius 2 is 2.32 bits per heavy atom. The number of rotatable bonds is 5. The molecule has 1 aromatic carbocycles. The fourth-order valence-corrected chi connectivity index (χ4v) is 2.73. The van der Waals surface area contributed by atoms with Gasteiger partial charge in [0.05, 0.1) is 13.2 Å². The third-order valence-electron chi connectivity index (χ3n) is 3.77. The van der Waals surface area contributed by atoms with E-state index in [9.17, 15) is 0 Å². The Morgan fingerprint density at radius 1 is 1.47 bits per heavy atom. The molecule has 1 aromatic rings. The summed E-state index contributed by atoms with van der Waals surface area (Å²) in [4.78, 5) is 0. The highest BCUT2D eigenvalue weighted by atomic mass is 16.5. The Hall–Kier alpha value is -1.06. The summed E-state index contributed by atoms with van der Waals surface area (Å²) in [7, 11) is 0. The number of morpholine rings is 1. The number of hydrogen-bond donors (Lipinski definition) is 2. The van der Waals surface area contributed by atoms with Crippen LogP contribution in [-0.4, -0.2) is 31.8 Å². The van der Waals surface area contributed by atoms with Crippen LogP contribution in [0, 0.1) is 6.92 Å². The van der Waals surface area contributed by atoms with E-state index in [0.717, 1.165) is 32.6 Å². The van der Waals surface area contributed by atoms with Crippen LogP contribution < -0.4 is 10.6 Å². The van der Waals surface area contributed by atoms with Gasteiger partial charge in [0.25, 0.3) is 0 Å². The molecule has 0 aliphatic carbocycles. The van der Waals surface area contributed by atoms with Gasteiger partial charge in [-0.3, -0.25) is 0 Å². The zero-order valence-corrected chi connectivity index (χ0v) is 12.3. The summed E-state index contributed by atoms with van der Waals surface area (Å²) in [6, 6.07) is 7.46. The van der Waals surface area contributed by atoms with Crippen molar-refractivity contribution in [3.8, 4) is 0 Å². The van der Waals surface area contributed by atoms with E-state index in [2.05, 4.69) is 49.6 Å². The van der Waals surface area contributed by atoms with E-state index < -0.39 is 0 Å². The monoisotopic (exact) mass is 262 g/mol. The quantitative estimate of drug-likeness (QED) is 0.856. The van der Waals surface area contributed by atoms with E-state index in [4.69, 9.17) is 4.74 Å². The molecule has 0 bridgehead atoms. The van der Waals surface area contributed by atoms with Crippen LogP contribution in [0.5, 0.6) is 0 Å². The lowest BCUT2D eigenvalue weighted by molar-refractivity contribution is 0.0731. The summed E-state index contributed by atoms with van der Waals surface area (Å²) in [6.45, 7) is 9.29. The topological polar surface area (TPSA) is 33.3 Å². The Balaban J connectivity index is 1.96. The molecule has 106 valence electrons. The molecule has 3 nitrogen and oxygen atoms in total. The highest BCUT2D eigenvalue weighted by molar-refractivity contribution is 5.57. The van der Waals surface area contributed by atoms with E-state index in [-0.39, 0.29) is 0 Å². The molecule has 3 heteroatoms. The van der Waals surface area contributed by atoms with E-state index in [1.54, 1.807) is 0 Å². The van der Waals surface area contributed by atoms with Crippen LogP contribution in [0.1, 0.15) is 31.4 Å². The van der Waals surface area contributed by atoms with Crippen LogP contribution >= 0.6 is 0 Å². The molecule has 1 saturated heterocycles. The molecule has 2 atom stereocenters. The van der Waals surface area contributed by atoms with Crippen LogP contribution in [0.3, 0.4) is 0 Å². The molecule has 1 fully saturated rings. The SMILES string of the molecule is CCc1cccc(C)c1NC(C)CC1COCCN1. The predicted octanol–water partition coefficient (Wildman–Crippen LogP) is 2.74. The van der Waals surface area contributed by atoms with Crippen molar-refractivity contribution in [3.63, 3.8) is 0 Å². The van der Waals surface area contributed by atoms with E-state index in [0.29, 0.717) is 12.1 Å². The molecule has 2 rings (SSSR count). The van der Waals surface area contributed by atoms with Gasteiger partial charge in [0, 0.05) is 24.3 Å². The van der Waals surface area contributed by atoms with Crippen molar-refractivity contribution in [1.29, 1.82) is 0 Å². The first kappa shape index (κ1) is 14.4. The third kappa shape index (κ3) is 3.95. The van der Waals surface area contributed by atoms with Gasteiger partial charge in [0.1, 0.15) is 0 Å². The van der Waals surface area contributed by atoms with Gasteiger partial charge in [0.2, 0.25) is 0 Å². The molecule has 2 unspecified atom stereocenters. The molecule has 2 N–H and O–H groups in total. The van der Waals surface area contributed by atoms with Crippen molar-refractivity contribution >= 4 is 5.69 Å². The highest BCUT2D eigenvalue weighted by Gasteiger charge is 2.17. The predicted molar refractivity (Wildman–Crippen MR) is 80.9 cm³/mol. The summed E-state index contributed by atoms with van der Waals surface area (Å²) in [6.07, 6.45) is 2.17. The fourth-order valence-electron chi connectivity index (χ4n) is 2.73. The Bertz CT molecular complexity index is 400. The molecule has 1 aliphatic heterocycles. The number of para-hydroxylation sites is 1.